The summed E-state index contributed by atoms with van der Waals surface area (Å²) in [6, 6.07) is 10.5. The molecule has 2 aromatic rings. The zero-order chi connectivity index (χ0) is 22.2. The van der Waals surface area contributed by atoms with Crippen LogP contribution in [0, 0.1) is 0 Å². The SMILES string of the molecule is CN=C(NCc1ccccc1Cn1cccn1)NCC1(N2CCCCC2)CCN(C)CC1. The first-order chi connectivity index (χ1) is 15.7. The minimum absolute atomic E-state index is 0.239. The fourth-order valence-corrected chi connectivity index (χ4v) is 5.11. The maximum Gasteiger partial charge on any atom is 0.191 e. The highest BCUT2D eigenvalue weighted by Crippen LogP contribution is 2.30. The molecule has 2 aliphatic heterocycles. The van der Waals surface area contributed by atoms with Crippen LogP contribution in [0.25, 0.3) is 0 Å². The predicted octanol–water partition coefficient (Wildman–Crippen LogP) is 2.55. The lowest BCUT2D eigenvalue weighted by Crippen LogP contribution is -2.62. The average molecular weight is 438 g/mol. The summed E-state index contributed by atoms with van der Waals surface area (Å²) in [7, 11) is 4.11. The van der Waals surface area contributed by atoms with E-state index < -0.39 is 0 Å². The van der Waals surface area contributed by atoms with Crippen molar-refractivity contribution in [1.29, 1.82) is 0 Å². The van der Waals surface area contributed by atoms with E-state index in [1.807, 2.05) is 30.2 Å². The summed E-state index contributed by atoms with van der Waals surface area (Å²) in [6.45, 7) is 7.29. The molecular weight excluding hydrogens is 398 g/mol. The molecular formula is C25H39N7. The number of hydrogen-bond donors (Lipinski definition) is 2. The van der Waals surface area contributed by atoms with Gasteiger partial charge < -0.3 is 15.5 Å². The van der Waals surface area contributed by atoms with E-state index in [0.29, 0.717) is 0 Å². The molecule has 1 aromatic heterocycles. The molecule has 32 heavy (non-hydrogen) atoms. The Hall–Kier alpha value is -2.38. The van der Waals surface area contributed by atoms with Gasteiger partial charge in [-0.1, -0.05) is 30.7 Å². The third-order valence-electron chi connectivity index (χ3n) is 7.21. The van der Waals surface area contributed by atoms with Crippen LogP contribution in [0.15, 0.2) is 47.7 Å². The second-order valence-electron chi connectivity index (χ2n) is 9.33. The van der Waals surface area contributed by atoms with E-state index in [9.17, 15) is 0 Å². The van der Waals surface area contributed by atoms with Gasteiger partial charge in [-0.05, 0) is 76.1 Å². The van der Waals surface area contributed by atoms with Crippen molar-refractivity contribution in [3.63, 3.8) is 0 Å². The molecule has 2 saturated heterocycles. The lowest BCUT2D eigenvalue weighted by atomic mass is 9.84. The summed E-state index contributed by atoms with van der Waals surface area (Å²) in [4.78, 5) is 9.76. The highest BCUT2D eigenvalue weighted by molar-refractivity contribution is 5.79. The topological polar surface area (TPSA) is 60.7 Å². The Bertz CT molecular complexity index is 847. The quantitative estimate of drug-likeness (QED) is 0.515. The summed E-state index contributed by atoms with van der Waals surface area (Å²) in [6.07, 6.45) is 10.3. The number of hydrogen-bond acceptors (Lipinski definition) is 4. The maximum absolute atomic E-state index is 4.53. The van der Waals surface area contributed by atoms with Crippen molar-refractivity contribution < 1.29 is 0 Å². The highest BCUT2D eigenvalue weighted by Gasteiger charge is 2.39. The van der Waals surface area contributed by atoms with Crippen molar-refractivity contribution in [2.24, 2.45) is 4.99 Å². The van der Waals surface area contributed by atoms with E-state index in [0.717, 1.165) is 25.6 Å². The molecule has 4 rings (SSSR count). The van der Waals surface area contributed by atoms with Crippen molar-refractivity contribution in [2.45, 2.75) is 50.7 Å². The van der Waals surface area contributed by atoms with Crippen LogP contribution in [-0.4, -0.2) is 77.9 Å². The van der Waals surface area contributed by atoms with E-state index in [1.54, 1.807) is 0 Å². The van der Waals surface area contributed by atoms with Crippen LogP contribution in [0.3, 0.4) is 0 Å². The van der Waals surface area contributed by atoms with Crippen LogP contribution in [0.5, 0.6) is 0 Å². The molecule has 3 heterocycles. The summed E-state index contributed by atoms with van der Waals surface area (Å²) < 4.78 is 1.97. The number of piperidine rings is 2. The van der Waals surface area contributed by atoms with Gasteiger partial charge in [-0.25, -0.2) is 0 Å². The second-order valence-corrected chi connectivity index (χ2v) is 9.33. The molecule has 0 bridgehead atoms. The Labute approximate surface area is 192 Å². The minimum atomic E-state index is 0.239. The Morgan fingerprint density at radius 3 is 2.44 bits per heavy atom. The number of nitrogens with one attached hydrogen (secondary N) is 2. The molecule has 0 saturated carbocycles. The van der Waals surface area contributed by atoms with Gasteiger partial charge in [0.15, 0.2) is 5.96 Å². The van der Waals surface area contributed by atoms with Gasteiger partial charge in [-0.15, -0.1) is 0 Å². The molecule has 174 valence electrons. The number of aliphatic imine (C=N–C) groups is 1. The fraction of sp³-hybridized carbons (Fsp3) is 0.600. The maximum atomic E-state index is 4.53. The molecule has 0 radical (unpaired) electrons. The number of rotatable bonds is 7. The van der Waals surface area contributed by atoms with Gasteiger partial charge in [0.2, 0.25) is 0 Å². The smallest absolute Gasteiger partial charge is 0.191 e. The van der Waals surface area contributed by atoms with E-state index in [1.165, 1.54) is 69.4 Å². The summed E-state index contributed by atoms with van der Waals surface area (Å²) in [5, 5.41) is 11.6. The lowest BCUT2D eigenvalue weighted by molar-refractivity contribution is 0.0173. The molecule has 0 spiro atoms. The number of guanidine groups is 1. The zero-order valence-corrected chi connectivity index (χ0v) is 19.8. The largest absolute Gasteiger partial charge is 0.355 e. The summed E-state index contributed by atoms with van der Waals surface area (Å²) in [5.74, 6) is 0.884. The molecule has 0 amide bonds. The minimum Gasteiger partial charge on any atom is -0.355 e. The van der Waals surface area contributed by atoms with Crippen LogP contribution in [0.1, 0.15) is 43.2 Å². The van der Waals surface area contributed by atoms with Crippen molar-refractivity contribution in [3.05, 3.63) is 53.9 Å². The van der Waals surface area contributed by atoms with Gasteiger partial charge in [0, 0.05) is 38.1 Å². The molecule has 7 nitrogen and oxygen atoms in total. The average Bonchev–Trinajstić information content (AvgIpc) is 3.35. The van der Waals surface area contributed by atoms with Crippen molar-refractivity contribution in [1.82, 2.24) is 30.2 Å². The molecule has 0 atom stereocenters. The van der Waals surface area contributed by atoms with Crippen LogP contribution in [0.4, 0.5) is 0 Å². The molecule has 0 unspecified atom stereocenters. The van der Waals surface area contributed by atoms with Gasteiger partial charge in [0.25, 0.3) is 0 Å². The van der Waals surface area contributed by atoms with Crippen molar-refractivity contribution in [3.8, 4) is 0 Å². The number of likely N-dealkylation sites (tertiary alicyclic amines) is 2. The molecule has 1 aromatic carbocycles. The number of aromatic nitrogens is 2. The van der Waals surface area contributed by atoms with E-state index >= 15 is 0 Å². The Balaban J connectivity index is 1.37. The van der Waals surface area contributed by atoms with Crippen LogP contribution < -0.4 is 10.6 Å². The van der Waals surface area contributed by atoms with Crippen molar-refractivity contribution in [2.75, 3.05) is 46.8 Å². The normalized spacial score (nSPS) is 20.2. The van der Waals surface area contributed by atoms with E-state index in [-0.39, 0.29) is 5.54 Å². The Morgan fingerprint density at radius 2 is 1.75 bits per heavy atom. The molecule has 2 aliphatic rings. The van der Waals surface area contributed by atoms with Crippen LogP contribution in [0.2, 0.25) is 0 Å². The summed E-state index contributed by atoms with van der Waals surface area (Å²) in [5.41, 5.74) is 2.79. The van der Waals surface area contributed by atoms with Gasteiger partial charge in [0.1, 0.15) is 0 Å². The van der Waals surface area contributed by atoms with Crippen molar-refractivity contribution >= 4 is 5.96 Å². The molecule has 2 fully saturated rings. The predicted molar refractivity (Wildman–Crippen MR) is 131 cm³/mol. The second kappa shape index (κ2) is 11.0. The fourth-order valence-electron chi connectivity index (χ4n) is 5.11. The Morgan fingerprint density at radius 1 is 1.00 bits per heavy atom. The molecule has 7 heteroatoms. The first kappa shape index (κ1) is 22.8. The third kappa shape index (κ3) is 5.70. The monoisotopic (exact) mass is 437 g/mol. The molecule has 0 aliphatic carbocycles. The first-order valence-electron chi connectivity index (χ1n) is 12.1. The van der Waals surface area contributed by atoms with E-state index in [4.69, 9.17) is 0 Å². The van der Waals surface area contributed by atoms with Crippen LogP contribution in [-0.2, 0) is 13.1 Å². The number of nitrogens with zero attached hydrogens (tertiary/aromatic N) is 5. The van der Waals surface area contributed by atoms with Crippen LogP contribution >= 0.6 is 0 Å². The van der Waals surface area contributed by atoms with Gasteiger partial charge in [-0.3, -0.25) is 14.6 Å². The number of benzene rings is 1. The standard InChI is InChI=1S/C25H39N7/c1-26-24(27-19-22-9-4-5-10-23(22)20-32-16-8-13-29-32)28-21-25(11-17-30(2)18-12-25)31-14-6-3-7-15-31/h4-5,8-10,13,16H,3,6-7,11-12,14-15,17-21H2,1-2H3,(H2,26,27,28). The lowest BCUT2D eigenvalue weighted by Gasteiger charge is -2.50. The highest BCUT2D eigenvalue weighted by atomic mass is 15.3. The third-order valence-corrected chi connectivity index (χ3v) is 7.21. The Kier molecular flexibility index (Phi) is 7.81. The zero-order valence-electron chi connectivity index (χ0n) is 19.8. The summed E-state index contributed by atoms with van der Waals surface area (Å²) >= 11 is 0. The van der Waals surface area contributed by atoms with Gasteiger partial charge in [0.05, 0.1) is 6.54 Å². The first-order valence-corrected chi connectivity index (χ1v) is 12.1. The van der Waals surface area contributed by atoms with E-state index in [2.05, 4.69) is 61.8 Å². The molecule has 2 N–H and O–H groups in total. The van der Waals surface area contributed by atoms with Gasteiger partial charge in [-0.2, -0.15) is 5.10 Å². The van der Waals surface area contributed by atoms with Gasteiger partial charge >= 0.3 is 0 Å².